The number of para-hydroxylation sites is 1. The van der Waals surface area contributed by atoms with Gasteiger partial charge in [0, 0.05) is 10.9 Å². The smallest absolute Gasteiger partial charge is 0.256 e. The summed E-state index contributed by atoms with van der Waals surface area (Å²) in [5, 5.41) is 3.76. The largest absolute Gasteiger partial charge is 0.494 e. The van der Waals surface area contributed by atoms with Gasteiger partial charge in [0.2, 0.25) is 0 Å². The van der Waals surface area contributed by atoms with E-state index in [9.17, 15) is 4.79 Å². The molecule has 0 fully saturated rings. The fourth-order valence-corrected chi connectivity index (χ4v) is 2.13. The molecule has 1 amide bonds. The van der Waals surface area contributed by atoms with Crippen molar-refractivity contribution >= 4 is 22.6 Å². The number of carbonyl (C=O) groups is 1. The zero-order chi connectivity index (χ0) is 14.7. The van der Waals surface area contributed by atoms with Crippen molar-refractivity contribution in [2.24, 2.45) is 0 Å². The molecule has 0 unspecified atom stereocenters. The van der Waals surface area contributed by atoms with Crippen LogP contribution in [0, 0.1) is 0 Å². The van der Waals surface area contributed by atoms with Crippen molar-refractivity contribution in [1.82, 2.24) is 4.98 Å². The zero-order valence-corrected chi connectivity index (χ0v) is 11.5. The molecule has 3 rings (SSSR count). The molecule has 0 bridgehead atoms. The van der Waals surface area contributed by atoms with Gasteiger partial charge in [0.1, 0.15) is 17.1 Å². The number of fused-ring (bicyclic) bond motifs is 1. The van der Waals surface area contributed by atoms with Crippen LogP contribution in [0.15, 0.2) is 60.7 Å². The molecular formula is C17H14N2O2. The Balaban J connectivity index is 1.93. The van der Waals surface area contributed by atoms with E-state index in [-0.39, 0.29) is 5.91 Å². The molecule has 21 heavy (non-hydrogen) atoms. The topological polar surface area (TPSA) is 51.2 Å². The lowest BCUT2D eigenvalue weighted by molar-refractivity contribution is 0.102. The third-order valence-corrected chi connectivity index (χ3v) is 3.18. The number of nitrogens with zero attached hydrogens (tertiary/aromatic N) is 1. The maximum absolute atomic E-state index is 12.1. The van der Waals surface area contributed by atoms with Gasteiger partial charge in [0.05, 0.1) is 7.11 Å². The van der Waals surface area contributed by atoms with E-state index in [1.807, 2.05) is 42.5 Å². The second-order valence-corrected chi connectivity index (χ2v) is 4.55. The number of pyridine rings is 1. The molecule has 104 valence electrons. The number of anilines is 1. The molecule has 3 aromatic rings. The van der Waals surface area contributed by atoms with E-state index in [0.29, 0.717) is 17.1 Å². The Labute approximate surface area is 122 Å². The molecule has 1 heterocycles. The second-order valence-electron chi connectivity index (χ2n) is 4.55. The summed E-state index contributed by atoms with van der Waals surface area (Å²) in [5.74, 6) is 1.00. The van der Waals surface area contributed by atoms with E-state index >= 15 is 0 Å². The Hall–Kier alpha value is -2.88. The van der Waals surface area contributed by atoms with Gasteiger partial charge < -0.3 is 10.1 Å². The molecule has 1 aromatic heterocycles. The highest BCUT2D eigenvalue weighted by molar-refractivity contribution is 6.04. The van der Waals surface area contributed by atoms with Gasteiger partial charge in [-0.25, -0.2) is 4.98 Å². The standard InChI is InChI=1S/C17H14N2O2/c1-21-14-9-5-8-12-10-11-15(18-16(12)14)19-17(20)13-6-3-2-4-7-13/h2-11H,1H3,(H,18,19,20). The first-order valence-electron chi connectivity index (χ1n) is 6.58. The van der Waals surface area contributed by atoms with Crippen molar-refractivity contribution in [3.63, 3.8) is 0 Å². The minimum atomic E-state index is -0.183. The molecule has 4 nitrogen and oxygen atoms in total. The van der Waals surface area contributed by atoms with Crippen LogP contribution >= 0.6 is 0 Å². The van der Waals surface area contributed by atoms with Crippen LogP contribution in [-0.4, -0.2) is 18.0 Å². The van der Waals surface area contributed by atoms with E-state index < -0.39 is 0 Å². The average Bonchev–Trinajstić information content (AvgIpc) is 2.55. The van der Waals surface area contributed by atoms with Crippen LogP contribution in [0.4, 0.5) is 5.82 Å². The number of rotatable bonds is 3. The van der Waals surface area contributed by atoms with Crippen molar-refractivity contribution in [3.05, 3.63) is 66.2 Å². The SMILES string of the molecule is COc1cccc2ccc(NC(=O)c3ccccc3)nc12. The number of hydrogen-bond acceptors (Lipinski definition) is 3. The number of methoxy groups -OCH3 is 1. The number of aromatic nitrogens is 1. The number of carbonyl (C=O) groups excluding carboxylic acids is 1. The van der Waals surface area contributed by atoms with E-state index in [4.69, 9.17) is 4.74 Å². The highest BCUT2D eigenvalue weighted by Crippen LogP contribution is 2.24. The average molecular weight is 278 g/mol. The Bertz CT molecular complexity index is 785. The van der Waals surface area contributed by atoms with Gasteiger partial charge in [-0.1, -0.05) is 30.3 Å². The molecule has 0 spiro atoms. The predicted octanol–water partition coefficient (Wildman–Crippen LogP) is 3.50. The van der Waals surface area contributed by atoms with Gasteiger partial charge in [0.25, 0.3) is 5.91 Å². The lowest BCUT2D eigenvalue weighted by Crippen LogP contribution is -2.12. The molecule has 0 aliphatic heterocycles. The Kier molecular flexibility index (Phi) is 3.51. The van der Waals surface area contributed by atoms with Crippen LogP contribution in [0.5, 0.6) is 5.75 Å². The fourth-order valence-electron chi connectivity index (χ4n) is 2.13. The monoisotopic (exact) mass is 278 g/mol. The van der Waals surface area contributed by atoms with Gasteiger partial charge in [0.15, 0.2) is 0 Å². The van der Waals surface area contributed by atoms with Crippen LogP contribution in [0.3, 0.4) is 0 Å². The molecule has 2 aromatic carbocycles. The Morgan fingerprint density at radius 2 is 1.81 bits per heavy atom. The molecule has 4 heteroatoms. The minimum absolute atomic E-state index is 0.183. The van der Waals surface area contributed by atoms with Crippen molar-refractivity contribution in [2.45, 2.75) is 0 Å². The summed E-state index contributed by atoms with van der Waals surface area (Å²) in [7, 11) is 1.60. The Morgan fingerprint density at radius 1 is 1.00 bits per heavy atom. The highest BCUT2D eigenvalue weighted by atomic mass is 16.5. The minimum Gasteiger partial charge on any atom is -0.494 e. The van der Waals surface area contributed by atoms with Crippen molar-refractivity contribution in [2.75, 3.05) is 12.4 Å². The van der Waals surface area contributed by atoms with Crippen LogP contribution in [0.2, 0.25) is 0 Å². The first-order chi connectivity index (χ1) is 10.3. The van der Waals surface area contributed by atoms with Crippen molar-refractivity contribution < 1.29 is 9.53 Å². The number of amides is 1. The van der Waals surface area contributed by atoms with E-state index in [2.05, 4.69) is 10.3 Å². The molecule has 0 atom stereocenters. The summed E-state index contributed by atoms with van der Waals surface area (Å²) >= 11 is 0. The van der Waals surface area contributed by atoms with E-state index in [1.165, 1.54) is 0 Å². The zero-order valence-electron chi connectivity index (χ0n) is 11.5. The third-order valence-electron chi connectivity index (χ3n) is 3.18. The van der Waals surface area contributed by atoms with Crippen LogP contribution < -0.4 is 10.1 Å². The second kappa shape index (κ2) is 5.63. The summed E-state index contributed by atoms with van der Waals surface area (Å²) in [6.45, 7) is 0. The molecule has 0 radical (unpaired) electrons. The molecule has 0 saturated heterocycles. The number of hydrogen-bond donors (Lipinski definition) is 1. The number of ether oxygens (including phenoxy) is 1. The van der Waals surface area contributed by atoms with E-state index in [1.54, 1.807) is 25.3 Å². The van der Waals surface area contributed by atoms with Crippen LogP contribution in [0.1, 0.15) is 10.4 Å². The maximum Gasteiger partial charge on any atom is 0.256 e. The summed E-state index contributed by atoms with van der Waals surface area (Å²) in [6.07, 6.45) is 0. The maximum atomic E-state index is 12.1. The van der Waals surface area contributed by atoms with Gasteiger partial charge in [-0.3, -0.25) is 4.79 Å². The summed E-state index contributed by atoms with van der Waals surface area (Å²) in [4.78, 5) is 16.6. The van der Waals surface area contributed by atoms with Crippen LogP contribution in [0.25, 0.3) is 10.9 Å². The summed E-state index contributed by atoms with van der Waals surface area (Å²) in [5.41, 5.74) is 1.32. The number of benzene rings is 2. The van der Waals surface area contributed by atoms with Gasteiger partial charge in [-0.2, -0.15) is 0 Å². The van der Waals surface area contributed by atoms with E-state index in [0.717, 1.165) is 10.9 Å². The van der Waals surface area contributed by atoms with Gasteiger partial charge in [-0.05, 0) is 30.3 Å². The lowest BCUT2D eigenvalue weighted by Gasteiger charge is -2.08. The summed E-state index contributed by atoms with van der Waals surface area (Å²) in [6, 6.07) is 18.4. The molecule has 1 N–H and O–H groups in total. The Morgan fingerprint density at radius 3 is 2.57 bits per heavy atom. The molecule has 0 aliphatic carbocycles. The number of nitrogens with one attached hydrogen (secondary N) is 1. The lowest BCUT2D eigenvalue weighted by atomic mass is 10.2. The van der Waals surface area contributed by atoms with Crippen molar-refractivity contribution in [1.29, 1.82) is 0 Å². The van der Waals surface area contributed by atoms with Crippen molar-refractivity contribution in [3.8, 4) is 5.75 Å². The molecular weight excluding hydrogens is 264 g/mol. The first kappa shape index (κ1) is 13.1. The summed E-state index contributed by atoms with van der Waals surface area (Å²) < 4.78 is 5.30. The van der Waals surface area contributed by atoms with Gasteiger partial charge in [-0.15, -0.1) is 0 Å². The quantitative estimate of drug-likeness (QED) is 0.797. The highest BCUT2D eigenvalue weighted by Gasteiger charge is 2.08. The molecule has 0 aliphatic rings. The van der Waals surface area contributed by atoms with Gasteiger partial charge >= 0.3 is 0 Å². The van der Waals surface area contributed by atoms with Crippen LogP contribution in [-0.2, 0) is 0 Å². The predicted molar refractivity (Wildman–Crippen MR) is 82.7 cm³/mol. The third kappa shape index (κ3) is 2.69. The fraction of sp³-hybridized carbons (Fsp3) is 0.0588. The normalized spacial score (nSPS) is 10.3. The molecule has 0 saturated carbocycles. The first-order valence-corrected chi connectivity index (χ1v) is 6.58.